The Labute approximate surface area is 138 Å². The molecule has 0 heterocycles. The van der Waals surface area contributed by atoms with Gasteiger partial charge in [0.25, 0.3) is 0 Å². The lowest BCUT2D eigenvalue weighted by Gasteiger charge is -2.24. The quantitative estimate of drug-likeness (QED) is 0.769. The third-order valence-electron chi connectivity index (χ3n) is 4.04. The predicted octanol–water partition coefficient (Wildman–Crippen LogP) is 4.67. The zero-order chi connectivity index (χ0) is 16.7. The van der Waals surface area contributed by atoms with E-state index >= 15 is 0 Å². The van der Waals surface area contributed by atoms with Gasteiger partial charge >= 0.3 is 0 Å². The number of rotatable bonds is 8. The number of aliphatic hydroxyl groups is 1. The molecule has 2 aromatic carbocycles. The Morgan fingerprint density at radius 1 is 1.04 bits per heavy atom. The molecule has 0 bridgehead atoms. The van der Waals surface area contributed by atoms with Gasteiger partial charge in [0.15, 0.2) is 11.5 Å². The monoisotopic (exact) mass is 314 g/mol. The topological polar surface area (TPSA) is 38.7 Å². The van der Waals surface area contributed by atoms with Crippen molar-refractivity contribution in [2.45, 2.75) is 45.3 Å². The second kappa shape index (κ2) is 8.02. The molecular weight excluding hydrogens is 288 g/mol. The summed E-state index contributed by atoms with van der Waals surface area (Å²) in [6.45, 7) is 4.46. The molecule has 0 radical (unpaired) electrons. The van der Waals surface area contributed by atoms with Crippen LogP contribution in [-0.4, -0.2) is 12.2 Å². The SMILES string of the molecule is CCCCC(C)(O)c1ccc(OCc2ccccc2)c(OC)c1. The molecule has 124 valence electrons. The van der Waals surface area contributed by atoms with Crippen LogP contribution in [0.3, 0.4) is 0 Å². The molecule has 2 aromatic rings. The highest BCUT2D eigenvalue weighted by molar-refractivity contribution is 5.44. The number of hydrogen-bond acceptors (Lipinski definition) is 3. The third-order valence-corrected chi connectivity index (χ3v) is 4.04. The van der Waals surface area contributed by atoms with Gasteiger partial charge in [-0.1, -0.05) is 56.2 Å². The first-order valence-electron chi connectivity index (χ1n) is 8.14. The van der Waals surface area contributed by atoms with E-state index in [0.29, 0.717) is 18.1 Å². The van der Waals surface area contributed by atoms with E-state index in [2.05, 4.69) is 6.92 Å². The van der Waals surface area contributed by atoms with Crippen molar-refractivity contribution < 1.29 is 14.6 Å². The van der Waals surface area contributed by atoms with E-state index in [4.69, 9.17) is 9.47 Å². The molecule has 3 heteroatoms. The summed E-state index contributed by atoms with van der Waals surface area (Å²) in [6, 6.07) is 15.7. The maximum atomic E-state index is 10.6. The first-order valence-corrected chi connectivity index (χ1v) is 8.14. The fourth-order valence-electron chi connectivity index (χ4n) is 2.52. The van der Waals surface area contributed by atoms with E-state index in [0.717, 1.165) is 30.4 Å². The van der Waals surface area contributed by atoms with E-state index in [1.54, 1.807) is 7.11 Å². The van der Waals surface area contributed by atoms with Crippen molar-refractivity contribution >= 4 is 0 Å². The van der Waals surface area contributed by atoms with Crippen molar-refractivity contribution in [3.63, 3.8) is 0 Å². The first kappa shape index (κ1) is 17.4. The maximum Gasteiger partial charge on any atom is 0.161 e. The average molecular weight is 314 g/mol. The molecule has 23 heavy (non-hydrogen) atoms. The zero-order valence-electron chi connectivity index (χ0n) is 14.2. The Morgan fingerprint density at radius 3 is 2.43 bits per heavy atom. The lowest BCUT2D eigenvalue weighted by Crippen LogP contribution is -2.21. The number of methoxy groups -OCH3 is 1. The molecule has 0 fully saturated rings. The highest BCUT2D eigenvalue weighted by Gasteiger charge is 2.23. The van der Waals surface area contributed by atoms with Crippen molar-refractivity contribution in [2.75, 3.05) is 7.11 Å². The molecule has 1 unspecified atom stereocenters. The summed E-state index contributed by atoms with van der Waals surface area (Å²) in [4.78, 5) is 0. The van der Waals surface area contributed by atoms with Crippen molar-refractivity contribution in [3.8, 4) is 11.5 Å². The zero-order valence-corrected chi connectivity index (χ0v) is 14.2. The molecule has 0 saturated heterocycles. The molecular formula is C20H26O3. The number of benzene rings is 2. The minimum absolute atomic E-state index is 0.489. The van der Waals surface area contributed by atoms with E-state index in [1.807, 2.05) is 55.5 Å². The van der Waals surface area contributed by atoms with Gasteiger partial charge in [0.1, 0.15) is 6.61 Å². The average Bonchev–Trinajstić information content (AvgIpc) is 2.59. The standard InChI is InChI=1S/C20H26O3/c1-4-5-13-20(2,21)17-11-12-18(19(14-17)22-3)23-15-16-9-7-6-8-10-16/h6-12,14,21H,4-5,13,15H2,1-3H3. The normalized spacial score (nSPS) is 13.4. The van der Waals surface area contributed by atoms with E-state index in [-0.39, 0.29) is 0 Å². The van der Waals surface area contributed by atoms with E-state index in [9.17, 15) is 5.11 Å². The number of hydrogen-bond donors (Lipinski definition) is 1. The van der Waals surface area contributed by atoms with E-state index in [1.165, 1.54) is 0 Å². The molecule has 0 saturated carbocycles. The second-order valence-electron chi connectivity index (χ2n) is 6.02. The van der Waals surface area contributed by atoms with Gasteiger partial charge in [0, 0.05) is 0 Å². The first-order chi connectivity index (χ1) is 11.1. The van der Waals surface area contributed by atoms with Crippen LogP contribution in [0, 0.1) is 0 Å². The van der Waals surface area contributed by atoms with Crippen LogP contribution in [0.5, 0.6) is 11.5 Å². The summed E-state index contributed by atoms with van der Waals surface area (Å²) in [5, 5.41) is 10.6. The highest BCUT2D eigenvalue weighted by Crippen LogP contribution is 2.35. The lowest BCUT2D eigenvalue weighted by molar-refractivity contribution is 0.0450. The van der Waals surface area contributed by atoms with Crippen LogP contribution >= 0.6 is 0 Å². The van der Waals surface area contributed by atoms with Crippen LogP contribution < -0.4 is 9.47 Å². The van der Waals surface area contributed by atoms with E-state index < -0.39 is 5.60 Å². The highest BCUT2D eigenvalue weighted by atomic mass is 16.5. The molecule has 0 spiro atoms. The Hall–Kier alpha value is -2.00. The van der Waals surface area contributed by atoms with Crippen molar-refractivity contribution in [1.29, 1.82) is 0 Å². The summed E-state index contributed by atoms with van der Waals surface area (Å²) in [6.07, 6.45) is 2.78. The Bertz CT molecular complexity index is 606. The van der Waals surface area contributed by atoms with Gasteiger partial charge in [-0.3, -0.25) is 0 Å². The Morgan fingerprint density at radius 2 is 1.78 bits per heavy atom. The fourth-order valence-corrected chi connectivity index (χ4v) is 2.52. The molecule has 0 aliphatic carbocycles. The van der Waals surface area contributed by atoms with Gasteiger partial charge in [0.2, 0.25) is 0 Å². The van der Waals surface area contributed by atoms with Crippen LogP contribution in [0.4, 0.5) is 0 Å². The van der Waals surface area contributed by atoms with Gasteiger partial charge in [-0.15, -0.1) is 0 Å². The molecule has 1 atom stereocenters. The van der Waals surface area contributed by atoms with Crippen LogP contribution in [-0.2, 0) is 12.2 Å². The van der Waals surface area contributed by atoms with Gasteiger partial charge in [-0.2, -0.15) is 0 Å². The van der Waals surface area contributed by atoms with Crippen molar-refractivity contribution in [2.24, 2.45) is 0 Å². The minimum atomic E-state index is -0.846. The Balaban J connectivity index is 2.13. The molecule has 1 N–H and O–H groups in total. The number of unbranched alkanes of at least 4 members (excludes halogenated alkanes) is 1. The van der Waals surface area contributed by atoms with Gasteiger partial charge in [-0.25, -0.2) is 0 Å². The summed E-state index contributed by atoms with van der Waals surface area (Å²) < 4.78 is 11.3. The molecule has 0 aliphatic heterocycles. The molecule has 0 aromatic heterocycles. The summed E-state index contributed by atoms with van der Waals surface area (Å²) in [5.74, 6) is 1.33. The molecule has 3 nitrogen and oxygen atoms in total. The van der Waals surface area contributed by atoms with Gasteiger partial charge < -0.3 is 14.6 Å². The second-order valence-corrected chi connectivity index (χ2v) is 6.02. The number of ether oxygens (including phenoxy) is 2. The summed E-state index contributed by atoms with van der Waals surface area (Å²) >= 11 is 0. The van der Waals surface area contributed by atoms with Crippen LogP contribution in [0.25, 0.3) is 0 Å². The smallest absolute Gasteiger partial charge is 0.161 e. The summed E-state index contributed by atoms with van der Waals surface area (Å²) in [7, 11) is 1.62. The fraction of sp³-hybridized carbons (Fsp3) is 0.400. The minimum Gasteiger partial charge on any atom is -0.493 e. The maximum absolute atomic E-state index is 10.6. The largest absolute Gasteiger partial charge is 0.493 e. The molecule has 0 aliphatic rings. The van der Waals surface area contributed by atoms with Crippen LogP contribution in [0.2, 0.25) is 0 Å². The predicted molar refractivity (Wildman–Crippen MR) is 92.9 cm³/mol. The van der Waals surface area contributed by atoms with Crippen LogP contribution in [0.1, 0.15) is 44.2 Å². The van der Waals surface area contributed by atoms with Gasteiger partial charge in [-0.05, 0) is 36.6 Å². The van der Waals surface area contributed by atoms with Crippen LogP contribution in [0.15, 0.2) is 48.5 Å². The van der Waals surface area contributed by atoms with Crippen molar-refractivity contribution in [1.82, 2.24) is 0 Å². The molecule has 0 amide bonds. The summed E-state index contributed by atoms with van der Waals surface area (Å²) in [5.41, 5.74) is 1.12. The third kappa shape index (κ3) is 4.73. The molecule has 2 rings (SSSR count). The van der Waals surface area contributed by atoms with Crippen molar-refractivity contribution in [3.05, 3.63) is 59.7 Å². The van der Waals surface area contributed by atoms with Gasteiger partial charge in [0.05, 0.1) is 12.7 Å². The Kier molecular flexibility index (Phi) is 6.05. The lowest BCUT2D eigenvalue weighted by atomic mass is 9.90.